The van der Waals surface area contributed by atoms with Crippen molar-refractivity contribution >= 4 is 0 Å². The third-order valence-corrected chi connectivity index (χ3v) is 5.61. The standard InChI is InChI=1S/C21H31F2NO3/c1-21(2,3)10-14-11-24-6-5-13-7-19(27-12-20(22)23)18(26-4)8-15(13)16(24)9-17(14)25/h7-8,14,16-17,20,25H,5-6,9-12H2,1-4H3/t14-,16-,17-/m1/s1. The maximum absolute atomic E-state index is 12.5. The van der Waals surface area contributed by atoms with Crippen LogP contribution in [-0.2, 0) is 6.42 Å². The average Bonchev–Trinajstić information content (AvgIpc) is 2.58. The van der Waals surface area contributed by atoms with E-state index in [0.717, 1.165) is 37.1 Å². The fraction of sp³-hybridized carbons (Fsp3) is 0.714. The van der Waals surface area contributed by atoms with E-state index in [1.807, 2.05) is 12.1 Å². The van der Waals surface area contributed by atoms with E-state index >= 15 is 0 Å². The van der Waals surface area contributed by atoms with Crippen molar-refractivity contribution in [3.05, 3.63) is 23.3 Å². The van der Waals surface area contributed by atoms with Crippen molar-refractivity contribution in [2.45, 2.75) is 58.6 Å². The normalized spacial score (nSPS) is 25.9. The van der Waals surface area contributed by atoms with Crippen molar-refractivity contribution < 1.29 is 23.4 Å². The van der Waals surface area contributed by atoms with E-state index in [1.165, 1.54) is 7.11 Å². The molecular weight excluding hydrogens is 352 g/mol. The molecule has 2 aliphatic heterocycles. The number of methoxy groups -OCH3 is 1. The number of halogens is 2. The van der Waals surface area contributed by atoms with Gasteiger partial charge in [-0.05, 0) is 53.9 Å². The Labute approximate surface area is 160 Å². The molecule has 152 valence electrons. The van der Waals surface area contributed by atoms with Gasteiger partial charge < -0.3 is 14.6 Å². The molecule has 0 bridgehead atoms. The van der Waals surface area contributed by atoms with E-state index in [-0.39, 0.29) is 23.5 Å². The minimum absolute atomic E-state index is 0.137. The third-order valence-electron chi connectivity index (χ3n) is 5.61. The molecule has 27 heavy (non-hydrogen) atoms. The number of alkyl halides is 2. The predicted molar refractivity (Wildman–Crippen MR) is 101 cm³/mol. The Hall–Kier alpha value is -1.40. The van der Waals surface area contributed by atoms with Gasteiger partial charge >= 0.3 is 0 Å². The van der Waals surface area contributed by atoms with E-state index < -0.39 is 13.0 Å². The van der Waals surface area contributed by atoms with Crippen LogP contribution in [0.4, 0.5) is 8.78 Å². The Bertz CT molecular complexity index is 660. The van der Waals surface area contributed by atoms with Crippen molar-refractivity contribution in [2.75, 3.05) is 26.8 Å². The molecule has 0 saturated carbocycles. The average molecular weight is 383 g/mol. The van der Waals surface area contributed by atoms with E-state index in [1.54, 1.807) is 0 Å². The van der Waals surface area contributed by atoms with Gasteiger partial charge in [0.15, 0.2) is 11.5 Å². The second-order valence-electron chi connectivity index (χ2n) is 8.99. The lowest BCUT2D eigenvalue weighted by molar-refractivity contribution is -0.0259. The molecule has 3 rings (SSSR count). The summed E-state index contributed by atoms with van der Waals surface area (Å²) in [7, 11) is 1.52. The second kappa shape index (κ2) is 7.92. The Morgan fingerprint density at radius 3 is 2.63 bits per heavy atom. The van der Waals surface area contributed by atoms with Crippen LogP contribution in [0.25, 0.3) is 0 Å². The number of fused-ring (bicyclic) bond motifs is 3. The lowest BCUT2D eigenvalue weighted by atomic mass is 9.75. The van der Waals surface area contributed by atoms with Crippen molar-refractivity contribution in [1.82, 2.24) is 4.90 Å². The fourth-order valence-corrected chi connectivity index (χ4v) is 4.51. The molecular formula is C21H31F2NO3. The topological polar surface area (TPSA) is 41.9 Å². The van der Waals surface area contributed by atoms with E-state index in [4.69, 9.17) is 9.47 Å². The summed E-state index contributed by atoms with van der Waals surface area (Å²) in [5.41, 5.74) is 2.41. The summed E-state index contributed by atoms with van der Waals surface area (Å²) in [4.78, 5) is 2.45. The van der Waals surface area contributed by atoms with E-state index in [2.05, 4.69) is 25.7 Å². The van der Waals surface area contributed by atoms with Crippen molar-refractivity contribution in [2.24, 2.45) is 11.3 Å². The molecule has 3 atom stereocenters. The highest BCUT2D eigenvalue weighted by Gasteiger charge is 2.39. The van der Waals surface area contributed by atoms with Crippen molar-refractivity contribution in [3.63, 3.8) is 0 Å². The van der Waals surface area contributed by atoms with Crippen LogP contribution in [-0.4, -0.2) is 49.3 Å². The van der Waals surface area contributed by atoms with Gasteiger partial charge in [0.05, 0.1) is 13.2 Å². The number of aliphatic hydroxyl groups is 1. The van der Waals surface area contributed by atoms with Crippen LogP contribution in [0.5, 0.6) is 11.5 Å². The zero-order valence-electron chi connectivity index (χ0n) is 16.7. The zero-order valence-corrected chi connectivity index (χ0v) is 16.7. The summed E-state index contributed by atoms with van der Waals surface area (Å²) in [6, 6.07) is 3.88. The first-order chi connectivity index (χ1) is 12.7. The van der Waals surface area contributed by atoms with Gasteiger partial charge in [0, 0.05) is 19.1 Å². The number of benzene rings is 1. The molecule has 1 aromatic carbocycles. The van der Waals surface area contributed by atoms with Crippen LogP contribution < -0.4 is 9.47 Å². The van der Waals surface area contributed by atoms with Crippen molar-refractivity contribution in [1.29, 1.82) is 0 Å². The Kier molecular flexibility index (Phi) is 5.96. The SMILES string of the molecule is COc1cc2c(cc1OCC(F)F)CCN1C[C@@H](CC(C)(C)C)[C@H](O)C[C@H]21. The molecule has 1 saturated heterocycles. The van der Waals surface area contributed by atoms with Crippen LogP contribution in [0.1, 0.15) is 50.8 Å². The Morgan fingerprint density at radius 2 is 2.00 bits per heavy atom. The number of rotatable bonds is 5. The monoisotopic (exact) mass is 383 g/mol. The van der Waals surface area contributed by atoms with Gasteiger partial charge in [-0.3, -0.25) is 4.90 Å². The molecule has 0 aromatic heterocycles. The molecule has 1 fully saturated rings. The summed E-state index contributed by atoms with van der Waals surface area (Å²) in [5.74, 6) is 1.12. The summed E-state index contributed by atoms with van der Waals surface area (Å²) < 4.78 is 35.7. The van der Waals surface area contributed by atoms with Crippen LogP contribution in [0, 0.1) is 11.3 Å². The summed E-state index contributed by atoms with van der Waals surface area (Å²) in [5, 5.41) is 10.8. The first kappa shape index (κ1) is 20.3. The number of nitrogens with zero attached hydrogens (tertiary/aromatic N) is 1. The predicted octanol–water partition coefficient (Wildman–Crippen LogP) is 4.06. The molecule has 4 nitrogen and oxygen atoms in total. The minimum atomic E-state index is -2.52. The zero-order chi connectivity index (χ0) is 19.8. The van der Waals surface area contributed by atoms with E-state index in [0.29, 0.717) is 17.9 Å². The van der Waals surface area contributed by atoms with Gasteiger partial charge in [-0.25, -0.2) is 8.78 Å². The van der Waals surface area contributed by atoms with Gasteiger partial charge in [0.25, 0.3) is 6.43 Å². The first-order valence-corrected chi connectivity index (χ1v) is 9.72. The van der Waals surface area contributed by atoms with Gasteiger partial charge in [-0.2, -0.15) is 0 Å². The van der Waals surface area contributed by atoms with Crippen molar-refractivity contribution in [3.8, 4) is 11.5 Å². The molecule has 1 N–H and O–H groups in total. The summed E-state index contributed by atoms with van der Waals surface area (Å²) in [6.07, 6.45) is -0.326. The molecule has 0 amide bonds. The second-order valence-corrected chi connectivity index (χ2v) is 8.99. The summed E-state index contributed by atoms with van der Waals surface area (Å²) >= 11 is 0. The van der Waals surface area contributed by atoms with Crippen LogP contribution >= 0.6 is 0 Å². The highest BCUT2D eigenvalue weighted by molar-refractivity contribution is 5.49. The third kappa shape index (κ3) is 4.72. The number of piperidine rings is 1. The molecule has 0 aliphatic carbocycles. The molecule has 1 aromatic rings. The Balaban J connectivity index is 1.82. The maximum atomic E-state index is 12.5. The molecule has 0 radical (unpaired) electrons. The minimum Gasteiger partial charge on any atom is -0.493 e. The van der Waals surface area contributed by atoms with E-state index in [9.17, 15) is 13.9 Å². The van der Waals surface area contributed by atoms with Gasteiger partial charge in [-0.1, -0.05) is 20.8 Å². The lowest BCUT2D eigenvalue weighted by Gasteiger charge is -2.47. The first-order valence-electron chi connectivity index (χ1n) is 9.72. The van der Waals surface area contributed by atoms with Crippen LogP contribution in [0.2, 0.25) is 0 Å². The lowest BCUT2D eigenvalue weighted by Crippen LogP contribution is -2.48. The molecule has 2 heterocycles. The number of hydrogen-bond donors (Lipinski definition) is 1. The largest absolute Gasteiger partial charge is 0.493 e. The van der Waals surface area contributed by atoms with Crippen LogP contribution in [0.3, 0.4) is 0 Å². The fourth-order valence-electron chi connectivity index (χ4n) is 4.51. The van der Waals surface area contributed by atoms with Gasteiger partial charge in [-0.15, -0.1) is 0 Å². The van der Waals surface area contributed by atoms with Crippen LogP contribution in [0.15, 0.2) is 12.1 Å². The summed E-state index contributed by atoms with van der Waals surface area (Å²) in [6.45, 7) is 7.79. The maximum Gasteiger partial charge on any atom is 0.272 e. The number of ether oxygens (including phenoxy) is 2. The Morgan fingerprint density at radius 1 is 1.26 bits per heavy atom. The highest BCUT2D eigenvalue weighted by atomic mass is 19.3. The van der Waals surface area contributed by atoms with Gasteiger partial charge in [0.2, 0.25) is 0 Å². The van der Waals surface area contributed by atoms with Gasteiger partial charge in [0.1, 0.15) is 6.61 Å². The number of hydrogen-bond acceptors (Lipinski definition) is 4. The highest BCUT2D eigenvalue weighted by Crippen LogP contribution is 2.44. The quantitative estimate of drug-likeness (QED) is 0.833. The molecule has 0 spiro atoms. The number of aliphatic hydroxyl groups excluding tert-OH is 1. The molecule has 2 aliphatic rings. The smallest absolute Gasteiger partial charge is 0.272 e. The molecule has 0 unspecified atom stereocenters. The molecule has 6 heteroatoms.